The Morgan fingerprint density at radius 1 is 1.18 bits per heavy atom. The number of unbranched alkanes of at least 4 members (excludes halogenated alkanes) is 1. The van der Waals surface area contributed by atoms with Gasteiger partial charge in [-0.1, -0.05) is 38.1 Å². The molecule has 0 fully saturated rings. The highest BCUT2D eigenvalue weighted by Gasteiger charge is 1.99. The summed E-state index contributed by atoms with van der Waals surface area (Å²) < 4.78 is 5.13. The molecule has 0 aliphatic heterocycles. The molecular formula is C15H25NO. The van der Waals surface area contributed by atoms with Crippen molar-refractivity contribution in [2.75, 3.05) is 13.3 Å². The van der Waals surface area contributed by atoms with Gasteiger partial charge in [-0.15, -0.1) is 0 Å². The molecule has 0 aliphatic carbocycles. The van der Waals surface area contributed by atoms with Crippen LogP contribution in [0.3, 0.4) is 0 Å². The first-order valence-corrected chi connectivity index (χ1v) is 6.58. The van der Waals surface area contributed by atoms with Crippen LogP contribution in [0.2, 0.25) is 0 Å². The molecule has 17 heavy (non-hydrogen) atoms. The third-order valence-electron chi connectivity index (χ3n) is 2.76. The molecule has 0 aromatic heterocycles. The van der Waals surface area contributed by atoms with Gasteiger partial charge < -0.3 is 10.5 Å². The summed E-state index contributed by atoms with van der Waals surface area (Å²) in [6.45, 7) is 5.64. The second-order valence-corrected chi connectivity index (χ2v) is 4.95. The second-order valence-electron chi connectivity index (χ2n) is 4.95. The quantitative estimate of drug-likeness (QED) is 0.555. The summed E-state index contributed by atoms with van der Waals surface area (Å²) in [7, 11) is 0. The maximum Gasteiger partial charge on any atom is 0.0940 e. The second kappa shape index (κ2) is 8.26. The van der Waals surface area contributed by atoms with E-state index in [-0.39, 0.29) is 0 Å². The van der Waals surface area contributed by atoms with Crippen LogP contribution in [0.4, 0.5) is 0 Å². The Hall–Kier alpha value is -0.860. The Kier molecular flexibility index (Phi) is 6.90. The predicted molar refractivity (Wildman–Crippen MR) is 72.9 cm³/mol. The van der Waals surface area contributed by atoms with Crippen LogP contribution in [0.25, 0.3) is 0 Å². The van der Waals surface area contributed by atoms with Gasteiger partial charge in [0, 0.05) is 6.61 Å². The molecule has 0 atom stereocenters. The lowest BCUT2D eigenvalue weighted by Gasteiger charge is -2.07. The van der Waals surface area contributed by atoms with E-state index in [0.717, 1.165) is 25.4 Å². The molecular weight excluding hydrogens is 210 g/mol. The molecule has 0 heterocycles. The minimum absolute atomic E-state index is 0.337. The molecule has 96 valence electrons. The average molecular weight is 235 g/mol. The lowest BCUT2D eigenvalue weighted by Crippen LogP contribution is -2.05. The average Bonchev–Trinajstić information content (AvgIpc) is 2.28. The Morgan fingerprint density at radius 3 is 2.65 bits per heavy atom. The summed E-state index contributed by atoms with van der Waals surface area (Å²) in [5, 5.41) is 0. The van der Waals surface area contributed by atoms with Gasteiger partial charge in [0.15, 0.2) is 0 Å². The number of rotatable bonds is 8. The van der Waals surface area contributed by atoms with Crippen LogP contribution in [0.5, 0.6) is 0 Å². The third kappa shape index (κ3) is 6.44. The molecule has 2 heteroatoms. The maximum absolute atomic E-state index is 5.27. The van der Waals surface area contributed by atoms with Crippen molar-refractivity contribution < 1.29 is 4.74 Å². The number of aryl methyl sites for hydroxylation is 1. The van der Waals surface area contributed by atoms with E-state index in [2.05, 4.69) is 38.1 Å². The van der Waals surface area contributed by atoms with Crippen LogP contribution < -0.4 is 5.73 Å². The van der Waals surface area contributed by atoms with Crippen LogP contribution in [-0.4, -0.2) is 13.3 Å². The molecule has 0 unspecified atom stereocenters. The van der Waals surface area contributed by atoms with E-state index in [0.29, 0.717) is 6.73 Å². The minimum Gasteiger partial charge on any atom is -0.367 e. The Bertz CT molecular complexity index is 310. The fraction of sp³-hybridized carbons (Fsp3) is 0.600. The Morgan fingerprint density at radius 2 is 1.94 bits per heavy atom. The lowest BCUT2D eigenvalue weighted by molar-refractivity contribution is 0.137. The lowest BCUT2D eigenvalue weighted by atomic mass is 9.99. The third-order valence-corrected chi connectivity index (χ3v) is 2.76. The van der Waals surface area contributed by atoms with Crippen LogP contribution in [0.1, 0.15) is 37.8 Å². The Balaban J connectivity index is 2.32. The molecule has 1 aromatic carbocycles. The summed E-state index contributed by atoms with van der Waals surface area (Å²) in [6, 6.07) is 8.95. The zero-order chi connectivity index (χ0) is 12.5. The molecule has 0 saturated carbocycles. The number of benzene rings is 1. The highest BCUT2D eigenvalue weighted by molar-refractivity contribution is 5.23. The Labute approximate surface area is 105 Å². The summed E-state index contributed by atoms with van der Waals surface area (Å²) in [6.07, 6.45) is 4.57. The standard InChI is InChI=1S/C15H25NO/c1-13(2)10-15-8-5-7-14(11-15)6-3-4-9-17-12-16/h5,7-8,11,13H,3-4,6,9-10,12,16H2,1-2H3. The smallest absolute Gasteiger partial charge is 0.0940 e. The van der Waals surface area contributed by atoms with Gasteiger partial charge in [-0.05, 0) is 42.7 Å². The molecule has 2 nitrogen and oxygen atoms in total. The first-order chi connectivity index (χ1) is 8.22. The van der Waals surface area contributed by atoms with E-state index < -0.39 is 0 Å². The molecule has 0 saturated heterocycles. The first-order valence-electron chi connectivity index (χ1n) is 6.58. The topological polar surface area (TPSA) is 35.2 Å². The monoisotopic (exact) mass is 235 g/mol. The van der Waals surface area contributed by atoms with Gasteiger partial charge in [0.05, 0.1) is 6.73 Å². The SMILES string of the molecule is CC(C)Cc1cccc(CCCCOCN)c1. The van der Waals surface area contributed by atoms with Crippen LogP contribution >= 0.6 is 0 Å². The van der Waals surface area contributed by atoms with E-state index >= 15 is 0 Å². The number of nitrogens with two attached hydrogens (primary N) is 1. The van der Waals surface area contributed by atoms with E-state index in [4.69, 9.17) is 10.5 Å². The van der Waals surface area contributed by atoms with Gasteiger partial charge in [0.2, 0.25) is 0 Å². The van der Waals surface area contributed by atoms with Crippen molar-refractivity contribution in [2.45, 2.75) is 39.5 Å². The van der Waals surface area contributed by atoms with E-state index in [1.54, 1.807) is 0 Å². The number of hydrogen-bond donors (Lipinski definition) is 1. The summed E-state index contributed by atoms with van der Waals surface area (Å²) >= 11 is 0. The highest BCUT2D eigenvalue weighted by atomic mass is 16.5. The van der Waals surface area contributed by atoms with Crippen molar-refractivity contribution in [3.8, 4) is 0 Å². The van der Waals surface area contributed by atoms with Gasteiger partial charge in [0.1, 0.15) is 0 Å². The molecule has 0 aliphatic rings. The van der Waals surface area contributed by atoms with Crippen LogP contribution in [0.15, 0.2) is 24.3 Å². The van der Waals surface area contributed by atoms with Gasteiger partial charge in [-0.25, -0.2) is 0 Å². The maximum atomic E-state index is 5.27. The molecule has 1 rings (SSSR count). The van der Waals surface area contributed by atoms with E-state index in [1.165, 1.54) is 24.0 Å². The molecule has 0 spiro atoms. The van der Waals surface area contributed by atoms with Gasteiger partial charge in [-0.3, -0.25) is 0 Å². The van der Waals surface area contributed by atoms with E-state index in [1.807, 2.05) is 0 Å². The number of hydrogen-bond acceptors (Lipinski definition) is 2. The van der Waals surface area contributed by atoms with Crippen molar-refractivity contribution in [2.24, 2.45) is 11.7 Å². The summed E-state index contributed by atoms with van der Waals surface area (Å²) in [5.41, 5.74) is 8.16. The molecule has 0 radical (unpaired) electrons. The zero-order valence-corrected chi connectivity index (χ0v) is 11.1. The molecule has 0 bridgehead atoms. The van der Waals surface area contributed by atoms with Gasteiger partial charge >= 0.3 is 0 Å². The first kappa shape index (κ1) is 14.2. The van der Waals surface area contributed by atoms with Gasteiger partial charge in [-0.2, -0.15) is 0 Å². The number of ether oxygens (including phenoxy) is 1. The van der Waals surface area contributed by atoms with Crippen molar-refractivity contribution >= 4 is 0 Å². The zero-order valence-electron chi connectivity index (χ0n) is 11.1. The molecule has 1 aromatic rings. The summed E-state index contributed by atoms with van der Waals surface area (Å²) in [5.74, 6) is 0.725. The van der Waals surface area contributed by atoms with Crippen molar-refractivity contribution in [1.29, 1.82) is 0 Å². The largest absolute Gasteiger partial charge is 0.367 e. The van der Waals surface area contributed by atoms with Gasteiger partial charge in [0.25, 0.3) is 0 Å². The highest BCUT2D eigenvalue weighted by Crippen LogP contribution is 2.12. The predicted octanol–water partition coefficient (Wildman–Crippen LogP) is 3.14. The fourth-order valence-electron chi connectivity index (χ4n) is 2.00. The van der Waals surface area contributed by atoms with Crippen molar-refractivity contribution in [3.05, 3.63) is 35.4 Å². The van der Waals surface area contributed by atoms with Crippen LogP contribution in [0, 0.1) is 5.92 Å². The molecule has 2 N–H and O–H groups in total. The van der Waals surface area contributed by atoms with Crippen LogP contribution in [-0.2, 0) is 17.6 Å². The normalized spacial score (nSPS) is 11.1. The van der Waals surface area contributed by atoms with Crippen molar-refractivity contribution in [3.63, 3.8) is 0 Å². The van der Waals surface area contributed by atoms with E-state index in [9.17, 15) is 0 Å². The summed E-state index contributed by atoms with van der Waals surface area (Å²) in [4.78, 5) is 0. The molecule has 0 amide bonds. The fourth-order valence-corrected chi connectivity index (χ4v) is 2.00. The van der Waals surface area contributed by atoms with Crippen molar-refractivity contribution in [1.82, 2.24) is 0 Å². The minimum atomic E-state index is 0.337.